The predicted molar refractivity (Wildman–Crippen MR) is 65.3 cm³/mol. The van der Waals surface area contributed by atoms with Gasteiger partial charge in [-0.05, 0) is 25.8 Å². The van der Waals surface area contributed by atoms with E-state index < -0.39 is 9.84 Å². The van der Waals surface area contributed by atoms with Gasteiger partial charge in [-0.25, -0.2) is 8.42 Å². The van der Waals surface area contributed by atoms with E-state index in [-0.39, 0.29) is 5.75 Å². The lowest BCUT2D eigenvalue weighted by Gasteiger charge is -2.23. The van der Waals surface area contributed by atoms with E-state index >= 15 is 0 Å². The molecule has 0 aliphatic carbocycles. The van der Waals surface area contributed by atoms with Crippen LogP contribution in [0.2, 0.25) is 0 Å². The van der Waals surface area contributed by atoms with Crippen LogP contribution in [0.4, 0.5) is 0 Å². The predicted octanol–water partition coefficient (Wildman–Crippen LogP) is 0.247. The summed E-state index contributed by atoms with van der Waals surface area (Å²) in [5.74, 6) is 0.589. The zero-order chi connectivity index (χ0) is 11.6. The molecule has 0 radical (unpaired) electrons. The topological polar surface area (TPSA) is 49.4 Å². The van der Waals surface area contributed by atoms with Crippen molar-refractivity contribution >= 4 is 9.84 Å². The summed E-state index contributed by atoms with van der Waals surface area (Å²) in [6, 6.07) is 1.27. The summed E-state index contributed by atoms with van der Waals surface area (Å²) in [6.07, 6.45) is 3.72. The van der Waals surface area contributed by atoms with Crippen molar-refractivity contribution in [1.82, 2.24) is 10.2 Å². The minimum absolute atomic E-state index is 0.269. The van der Waals surface area contributed by atoms with E-state index in [1.54, 1.807) is 6.92 Å². The third kappa shape index (κ3) is 3.18. The van der Waals surface area contributed by atoms with Crippen molar-refractivity contribution in [2.75, 3.05) is 31.1 Å². The summed E-state index contributed by atoms with van der Waals surface area (Å²) >= 11 is 0. The van der Waals surface area contributed by atoms with Gasteiger partial charge in [0.2, 0.25) is 0 Å². The number of hydrogen-bond donors (Lipinski definition) is 1. The molecule has 4 nitrogen and oxygen atoms in total. The van der Waals surface area contributed by atoms with Crippen LogP contribution >= 0.6 is 0 Å². The summed E-state index contributed by atoms with van der Waals surface area (Å²) in [5, 5.41) is 3.60. The van der Waals surface area contributed by atoms with Crippen molar-refractivity contribution < 1.29 is 8.42 Å². The van der Waals surface area contributed by atoms with Crippen LogP contribution in [0.3, 0.4) is 0 Å². The smallest absolute Gasteiger partial charge is 0.151 e. The van der Waals surface area contributed by atoms with E-state index in [1.165, 1.54) is 19.3 Å². The lowest BCUT2D eigenvalue weighted by Crippen LogP contribution is -2.37. The molecule has 2 saturated heterocycles. The Morgan fingerprint density at radius 2 is 2.00 bits per heavy atom. The minimum atomic E-state index is -2.81. The summed E-state index contributed by atoms with van der Waals surface area (Å²) in [4.78, 5) is 2.31. The fourth-order valence-corrected chi connectivity index (χ4v) is 3.46. The van der Waals surface area contributed by atoms with E-state index in [9.17, 15) is 8.42 Å². The maximum absolute atomic E-state index is 11.4. The van der Waals surface area contributed by atoms with E-state index in [4.69, 9.17) is 0 Å². The van der Waals surface area contributed by atoms with Gasteiger partial charge in [0.25, 0.3) is 0 Å². The Kier molecular flexibility index (Phi) is 3.87. The molecule has 5 heteroatoms. The number of rotatable bonds is 4. The quantitative estimate of drug-likeness (QED) is 0.772. The molecule has 2 fully saturated rings. The van der Waals surface area contributed by atoms with E-state index in [0.29, 0.717) is 24.4 Å². The zero-order valence-corrected chi connectivity index (χ0v) is 10.8. The molecule has 2 heterocycles. The molecule has 0 aromatic carbocycles. The molecule has 94 valence electrons. The fraction of sp³-hybridized carbons (Fsp3) is 1.00. The van der Waals surface area contributed by atoms with Crippen LogP contribution in [0.15, 0.2) is 0 Å². The summed E-state index contributed by atoms with van der Waals surface area (Å²) < 4.78 is 22.9. The van der Waals surface area contributed by atoms with Crippen LogP contribution in [0.1, 0.15) is 26.2 Å². The fourth-order valence-electron chi connectivity index (χ4n) is 2.63. The number of hydrogen-bond acceptors (Lipinski definition) is 4. The van der Waals surface area contributed by atoms with Crippen molar-refractivity contribution in [3.8, 4) is 0 Å². The molecule has 2 atom stereocenters. The van der Waals surface area contributed by atoms with Gasteiger partial charge >= 0.3 is 0 Å². The van der Waals surface area contributed by atoms with Crippen LogP contribution < -0.4 is 5.32 Å². The number of nitrogens with one attached hydrogen (secondary N) is 1. The van der Waals surface area contributed by atoms with Crippen molar-refractivity contribution in [1.29, 1.82) is 0 Å². The summed E-state index contributed by atoms with van der Waals surface area (Å²) in [5.41, 5.74) is 0. The molecular weight excluding hydrogens is 224 g/mol. The second-order valence-electron chi connectivity index (χ2n) is 4.96. The molecule has 0 spiro atoms. The molecule has 2 aliphatic heterocycles. The van der Waals surface area contributed by atoms with Crippen LogP contribution in [0.25, 0.3) is 0 Å². The Bertz CT molecular complexity index is 329. The zero-order valence-electron chi connectivity index (χ0n) is 9.98. The highest BCUT2D eigenvalue weighted by Crippen LogP contribution is 2.20. The molecule has 0 aromatic heterocycles. The van der Waals surface area contributed by atoms with Crippen molar-refractivity contribution in [2.45, 2.75) is 38.3 Å². The van der Waals surface area contributed by atoms with Gasteiger partial charge in [-0.3, -0.25) is 0 Å². The SMILES string of the molecule is CCS(=O)(=O)CCN1CCC2CCC(C1)N2. The Labute approximate surface area is 98.3 Å². The maximum atomic E-state index is 11.4. The van der Waals surface area contributed by atoms with Crippen molar-refractivity contribution in [3.63, 3.8) is 0 Å². The second-order valence-corrected chi connectivity index (χ2v) is 7.44. The van der Waals surface area contributed by atoms with Gasteiger partial charge in [0.1, 0.15) is 0 Å². The molecule has 0 saturated carbocycles. The van der Waals surface area contributed by atoms with Gasteiger partial charge in [-0.2, -0.15) is 0 Å². The number of fused-ring (bicyclic) bond motifs is 2. The number of nitrogens with zero attached hydrogens (tertiary/aromatic N) is 1. The largest absolute Gasteiger partial charge is 0.310 e. The number of likely N-dealkylation sites (tertiary alicyclic amines) is 1. The van der Waals surface area contributed by atoms with Crippen LogP contribution in [-0.4, -0.2) is 56.5 Å². The molecule has 0 aromatic rings. The highest BCUT2D eigenvalue weighted by Gasteiger charge is 2.29. The number of sulfone groups is 1. The van der Waals surface area contributed by atoms with Crippen LogP contribution in [-0.2, 0) is 9.84 Å². The Morgan fingerprint density at radius 3 is 2.75 bits per heavy atom. The first-order valence-corrected chi connectivity index (χ1v) is 8.10. The minimum Gasteiger partial charge on any atom is -0.310 e. The summed E-state index contributed by atoms with van der Waals surface area (Å²) in [7, 11) is -2.81. The molecule has 1 N–H and O–H groups in total. The lowest BCUT2D eigenvalue weighted by atomic mass is 10.1. The average molecular weight is 246 g/mol. The van der Waals surface area contributed by atoms with Crippen molar-refractivity contribution in [2.24, 2.45) is 0 Å². The van der Waals surface area contributed by atoms with E-state index in [0.717, 1.165) is 13.1 Å². The third-order valence-corrected chi connectivity index (χ3v) is 5.45. The first-order valence-electron chi connectivity index (χ1n) is 6.28. The normalized spacial score (nSPS) is 31.6. The highest BCUT2D eigenvalue weighted by molar-refractivity contribution is 7.91. The lowest BCUT2D eigenvalue weighted by molar-refractivity contribution is 0.273. The van der Waals surface area contributed by atoms with Gasteiger partial charge in [-0.15, -0.1) is 0 Å². The average Bonchev–Trinajstić information content (AvgIpc) is 2.57. The van der Waals surface area contributed by atoms with Gasteiger partial charge in [-0.1, -0.05) is 6.92 Å². The third-order valence-electron chi connectivity index (χ3n) is 3.77. The van der Waals surface area contributed by atoms with Crippen LogP contribution in [0.5, 0.6) is 0 Å². The molecule has 2 aliphatic rings. The molecule has 0 amide bonds. The maximum Gasteiger partial charge on any atom is 0.151 e. The van der Waals surface area contributed by atoms with Gasteiger partial charge in [0.05, 0.1) is 5.75 Å². The van der Waals surface area contributed by atoms with E-state index in [1.807, 2.05) is 0 Å². The van der Waals surface area contributed by atoms with Gasteiger partial charge in [0.15, 0.2) is 9.84 Å². The Balaban J connectivity index is 1.82. The second kappa shape index (κ2) is 5.02. The molecule has 2 bridgehead atoms. The highest BCUT2D eigenvalue weighted by atomic mass is 32.2. The monoisotopic (exact) mass is 246 g/mol. The standard InChI is InChI=1S/C11H22N2O2S/c1-2-16(14,15)8-7-13-6-5-10-3-4-11(9-13)12-10/h10-12H,2-9H2,1H3. The molecular formula is C11H22N2O2S. The first-order chi connectivity index (χ1) is 7.59. The first kappa shape index (κ1) is 12.3. The molecule has 2 unspecified atom stereocenters. The Morgan fingerprint density at radius 1 is 1.25 bits per heavy atom. The molecule has 2 rings (SSSR count). The van der Waals surface area contributed by atoms with Gasteiger partial charge in [0, 0.05) is 30.9 Å². The van der Waals surface area contributed by atoms with Crippen molar-refractivity contribution in [3.05, 3.63) is 0 Å². The Hall–Kier alpha value is -0.130. The molecule has 16 heavy (non-hydrogen) atoms. The van der Waals surface area contributed by atoms with Crippen LogP contribution in [0, 0.1) is 0 Å². The van der Waals surface area contributed by atoms with E-state index in [2.05, 4.69) is 10.2 Å². The van der Waals surface area contributed by atoms with Gasteiger partial charge < -0.3 is 10.2 Å². The summed E-state index contributed by atoms with van der Waals surface area (Å²) in [6.45, 7) is 4.51.